The van der Waals surface area contributed by atoms with Crippen LogP contribution >= 0.6 is 27.5 Å². The first-order chi connectivity index (χ1) is 9.15. The Bertz CT molecular complexity index is 755. The van der Waals surface area contributed by atoms with Crippen molar-refractivity contribution in [2.24, 2.45) is 0 Å². The summed E-state index contributed by atoms with van der Waals surface area (Å²) >= 11 is 9.44. The van der Waals surface area contributed by atoms with E-state index >= 15 is 0 Å². The van der Waals surface area contributed by atoms with Crippen LogP contribution in [0.2, 0.25) is 5.28 Å². The lowest BCUT2D eigenvalue weighted by atomic mass is 10.2. The van der Waals surface area contributed by atoms with Crippen molar-refractivity contribution < 1.29 is 0 Å². The van der Waals surface area contributed by atoms with Crippen LogP contribution in [0.15, 0.2) is 29.0 Å². The van der Waals surface area contributed by atoms with E-state index in [0.29, 0.717) is 11.5 Å². The van der Waals surface area contributed by atoms with E-state index in [9.17, 15) is 0 Å². The van der Waals surface area contributed by atoms with Crippen LogP contribution in [0.5, 0.6) is 0 Å². The van der Waals surface area contributed by atoms with E-state index in [-0.39, 0.29) is 5.28 Å². The lowest BCUT2D eigenvalue weighted by Crippen LogP contribution is -1.98. The maximum absolute atomic E-state index is 5.89. The van der Waals surface area contributed by atoms with Crippen LogP contribution < -0.4 is 5.32 Å². The van der Waals surface area contributed by atoms with Gasteiger partial charge < -0.3 is 10.3 Å². The summed E-state index contributed by atoms with van der Waals surface area (Å²) in [5.74, 6) is 0.596. The van der Waals surface area contributed by atoms with Crippen molar-refractivity contribution in [2.45, 2.75) is 6.92 Å². The first-order valence-corrected chi connectivity index (χ1v) is 6.71. The second-order valence-corrected chi connectivity index (χ2v) is 5.13. The first kappa shape index (κ1) is 12.4. The van der Waals surface area contributed by atoms with Crippen molar-refractivity contribution in [3.8, 4) is 0 Å². The number of rotatable bonds is 2. The molecule has 0 unspecified atom stereocenters. The Labute approximate surface area is 122 Å². The molecule has 5 nitrogen and oxygen atoms in total. The number of nitrogens with zero attached hydrogens (tertiary/aromatic N) is 3. The molecule has 0 atom stereocenters. The van der Waals surface area contributed by atoms with Gasteiger partial charge in [-0.1, -0.05) is 12.1 Å². The molecule has 3 rings (SSSR count). The Morgan fingerprint density at radius 1 is 1.32 bits per heavy atom. The van der Waals surface area contributed by atoms with Crippen molar-refractivity contribution in [1.29, 1.82) is 0 Å². The second kappa shape index (κ2) is 4.79. The quantitative estimate of drug-likeness (QED) is 0.697. The number of aromatic nitrogens is 4. The second-order valence-electron chi connectivity index (χ2n) is 4.00. The van der Waals surface area contributed by atoms with E-state index in [0.717, 1.165) is 21.2 Å². The Hall–Kier alpha value is -1.66. The normalized spacial score (nSPS) is 10.9. The smallest absolute Gasteiger partial charge is 0.226 e. The van der Waals surface area contributed by atoms with Gasteiger partial charge in [-0.2, -0.15) is 9.97 Å². The Balaban J connectivity index is 2.10. The van der Waals surface area contributed by atoms with Crippen molar-refractivity contribution in [3.63, 3.8) is 0 Å². The molecule has 2 aromatic heterocycles. The minimum Gasteiger partial charge on any atom is -0.340 e. The number of hydrogen-bond acceptors (Lipinski definition) is 4. The molecule has 0 fully saturated rings. The molecule has 2 N–H and O–H groups in total. The fourth-order valence-electron chi connectivity index (χ4n) is 1.77. The molecule has 0 radical (unpaired) electrons. The molecule has 0 aliphatic heterocycles. The Morgan fingerprint density at radius 2 is 2.16 bits per heavy atom. The molecule has 0 saturated heterocycles. The Kier molecular flexibility index (Phi) is 3.12. The average molecular weight is 339 g/mol. The summed E-state index contributed by atoms with van der Waals surface area (Å²) in [5, 5.41) is 3.39. The van der Waals surface area contributed by atoms with Gasteiger partial charge in [0.25, 0.3) is 0 Å². The molecule has 7 heteroatoms. The highest BCUT2D eigenvalue weighted by molar-refractivity contribution is 9.10. The molecule has 0 spiro atoms. The molecular weight excluding hydrogens is 330 g/mol. The van der Waals surface area contributed by atoms with Crippen LogP contribution in [0, 0.1) is 6.92 Å². The molecule has 19 heavy (non-hydrogen) atoms. The molecule has 2 heterocycles. The van der Waals surface area contributed by atoms with Gasteiger partial charge in [0.1, 0.15) is 5.52 Å². The third-order valence-corrected chi connectivity index (χ3v) is 3.92. The highest BCUT2D eigenvalue weighted by Gasteiger charge is 2.10. The number of halogens is 2. The molecule has 0 aliphatic carbocycles. The molecule has 0 aliphatic rings. The number of hydrogen-bond donors (Lipinski definition) is 2. The molecule has 96 valence electrons. The lowest BCUT2D eigenvalue weighted by molar-refractivity contribution is 1.20. The molecule has 1 aromatic carbocycles. The molecule has 0 saturated carbocycles. The van der Waals surface area contributed by atoms with E-state index in [1.54, 1.807) is 6.33 Å². The van der Waals surface area contributed by atoms with Crippen molar-refractivity contribution >= 4 is 50.2 Å². The van der Waals surface area contributed by atoms with Gasteiger partial charge in [0.15, 0.2) is 11.5 Å². The number of aryl methyl sites for hydroxylation is 1. The maximum Gasteiger partial charge on any atom is 0.226 e. The van der Waals surface area contributed by atoms with Crippen LogP contribution in [-0.4, -0.2) is 19.9 Å². The van der Waals surface area contributed by atoms with Gasteiger partial charge in [0.05, 0.1) is 12.0 Å². The minimum absolute atomic E-state index is 0.158. The van der Waals surface area contributed by atoms with E-state index in [1.807, 2.05) is 25.1 Å². The van der Waals surface area contributed by atoms with E-state index in [1.165, 1.54) is 0 Å². The molecule has 0 bridgehead atoms. The van der Waals surface area contributed by atoms with Crippen LogP contribution in [0.3, 0.4) is 0 Å². The SMILES string of the molecule is Cc1cccc(Nc2nc(Cl)nc3nc[nH]c23)c1Br. The van der Waals surface area contributed by atoms with Crippen LogP contribution in [0.25, 0.3) is 11.2 Å². The monoisotopic (exact) mass is 337 g/mol. The number of aromatic amines is 1. The predicted molar refractivity (Wildman–Crippen MR) is 78.9 cm³/mol. The van der Waals surface area contributed by atoms with Crippen LogP contribution in [0.4, 0.5) is 11.5 Å². The molecular formula is C12H9BrClN5. The predicted octanol–water partition coefficient (Wildman–Crippen LogP) is 3.82. The standard InChI is InChI=1S/C12H9BrClN5/c1-6-3-2-4-7(8(6)13)17-11-9-10(16-5-15-9)18-12(14)19-11/h2-5H,1H3,(H2,15,16,17,18,19). The number of anilines is 2. The van der Waals surface area contributed by atoms with E-state index in [2.05, 4.69) is 41.2 Å². The van der Waals surface area contributed by atoms with Gasteiger partial charge in [0, 0.05) is 4.47 Å². The van der Waals surface area contributed by atoms with Gasteiger partial charge in [0.2, 0.25) is 5.28 Å². The van der Waals surface area contributed by atoms with Gasteiger partial charge >= 0.3 is 0 Å². The zero-order valence-electron chi connectivity index (χ0n) is 9.91. The third-order valence-electron chi connectivity index (χ3n) is 2.70. The third kappa shape index (κ3) is 2.29. The fraction of sp³-hybridized carbons (Fsp3) is 0.0833. The van der Waals surface area contributed by atoms with Gasteiger partial charge in [-0.05, 0) is 46.1 Å². The average Bonchev–Trinajstić information content (AvgIpc) is 2.83. The maximum atomic E-state index is 5.89. The van der Waals surface area contributed by atoms with Gasteiger partial charge in [-0.3, -0.25) is 0 Å². The first-order valence-electron chi connectivity index (χ1n) is 5.54. The number of fused-ring (bicyclic) bond motifs is 1. The molecule has 0 amide bonds. The summed E-state index contributed by atoms with van der Waals surface area (Å²) in [5.41, 5.74) is 3.29. The minimum atomic E-state index is 0.158. The largest absolute Gasteiger partial charge is 0.340 e. The van der Waals surface area contributed by atoms with E-state index < -0.39 is 0 Å². The Morgan fingerprint density at radius 3 is 3.00 bits per heavy atom. The zero-order chi connectivity index (χ0) is 13.4. The summed E-state index contributed by atoms with van der Waals surface area (Å²) in [4.78, 5) is 15.3. The summed E-state index contributed by atoms with van der Waals surface area (Å²) in [6.07, 6.45) is 1.56. The molecule has 3 aromatic rings. The zero-order valence-corrected chi connectivity index (χ0v) is 12.2. The summed E-state index contributed by atoms with van der Waals surface area (Å²) in [6, 6.07) is 5.94. The van der Waals surface area contributed by atoms with Crippen LogP contribution in [0.1, 0.15) is 5.56 Å². The lowest BCUT2D eigenvalue weighted by Gasteiger charge is -2.10. The van der Waals surface area contributed by atoms with E-state index in [4.69, 9.17) is 11.6 Å². The number of nitrogens with one attached hydrogen (secondary N) is 2. The number of benzene rings is 1. The van der Waals surface area contributed by atoms with Crippen molar-refractivity contribution in [2.75, 3.05) is 5.32 Å². The number of H-pyrrole nitrogens is 1. The van der Waals surface area contributed by atoms with Crippen molar-refractivity contribution in [3.05, 3.63) is 39.8 Å². The fourth-order valence-corrected chi connectivity index (χ4v) is 2.30. The summed E-state index contributed by atoms with van der Waals surface area (Å²) in [6.45, 7) is 2.02. The number of imidazole rings is 1. The van der Waals surface area contributed by atoms with Gasteiger partial charge in [-0.25, -0.2) is 4.98 Å². The summed E-state index contributed by atoms with van der Waals surface area (Å²) in [7, 11) is 0. The highest BCUT2D eigenvalue weighted by Crippen LogP contribution is 2.30. The van der Waals surface area contributed by atoms with Crippen LogP contribution in [-0.2, 0) is 0 Å². The van der Waals surface area contributed by atoms with Crippen molar-refractivity contribution in [1.82, 2.24) is 19.9 Å². The summed E-state index contributed by atoms with van der Waals surface area (Å²) < 4.78 is 0.984. The topological polar surface area (TPSA) is 66.5 Å². The van der Waals surface area contributed by atoms with Gasteiger partial charge in [-0.15, -0.1) is 0 Å². The highest BCUT2D eigenvalue weighted by atomic mass is 79.9.